The number of rotatable bonds is 3. The van der Waals surface area contributed by atoms with Crippen LogP contribution in [0.25, 0.3) is 0 Å². The van der Waals surface area contributed by atoms with Crippen LogP contribution in [0.3, 0.4) is 0 Å². The van der Waals surface area contributed by atoms with Gasteiger partial charge in [-0.05, 0) is 67.3 Å². The highest BCUT2D eigenvalue weighted by molar-refractivity contribution is 6.31. The van der Waals surface area contributed by atoms with Crippen LogP contribution in [0.4, 0.5) is 0 Å². The van der Waals surface area contributed by atoms with Crippen molar-refractivity contribution < 1.29 is 14.3 Å². The molecule has 1 atom stereocenters. The van der Waals surface area contributed by atoms with E-state index >= 15 is 0 Å². The van der Waals surface area contributed by atoms with Gasteiger partial charge in [-0.3, -0.25) is 9.59 Å². The van der Waals surface area contributed by atoms with E-state index in [9.17, 15) is 9.59 Å². The summed E-state index contributed by atoms with van der Waals surface area (Å²) in [5.74, 6) is 0.268. The average molecular weight is 511 g/mol. The molecule has 5 nitrogen and oxygen atoms in total. The lowest BCUT2D eigenvalue weighted by atomic mass is 10.0. The second-order valence-electron chi connectivity index (χ2n) is 8.73. The highest BCUT2D eigenvalue weighted by Crippen LogP contribution is 2.26. The van der Waals surface area contributed by atoms with Gasteiger partial charge in [0.25, 0.3) is 11.8 Å². The fourth-order valence-electron chi connectivity index (χ4n) is 4.27. The number of benzene rings is 3. The zero-order valence-corrected chi connectivity index (χ0v) is 21.1. The number of amides is 2. The maximum atomic E-state index is 13.7. The molecule has 2 amide bonds. The van der Waals surface area contributed by atoms with E-state index in [2.05, 4.69) is 0 Å². The fraction of sp³-hybridized carbons (Fsp3) is 0.286. The molecule has 35 heavy (non-hydrogen) atoms. The van der Waals surface area contributed by atoms with Crippen molar-refractivity contribution in [2.75, 3.05) is 26.7 Å². The molecule has 182 valence electrons. The molecule has 0 unspecified atom stereocenters. The summed E-state index contributed by atoms with van der Waals surface area (Å²) in [6.07, 6.45) is 2.14. The molecule has 0 bridgehead atoms. The third-order valence-electron chi connectivity index (χ3n) is 6.20. The minimum Gasteiger partial charge on any atom is -0.491 e. The quantitative estimate of drug-likeness (QED) is 0.434. The lowest BCUT2D eigenvalue weighted by Gasteiger charge is -2.33. The molecular weight excluding hydrogens is 483 g/mol. The Bertz CT molecular complexity index is 1170. The van der Waals surface area contributed by atoms with Gasteiger partial charge >= 0.3 is 0 Å². The molecule has 1 heterocycles. The van der Waals surface area contributed by atoms with Gasteiger partial charge in [-0.1, -0.05) is 53.5 Å². The number of carbonyl (C=O) groups excluding carboxylic acids is 2. The summed E-state index contributed by atoms with van der Waals surface area (Å²) < 4.78 is 6.23. The van der Waals surface area contributed by atoms with E-state index in [1.807, 2.05) is 35.2 Å². The zero-order valence-electron chi connectivity index (χ0n) is 19.6. The van der Waals surface area contributed by atoms with Gasteiger partial charge in [0.1, 0.15) is 12.4 Å². The van der Waals surface area contributed by atoms with Crippen molar-refractivity contribution in [3.8, 4) is 5.75 Å². The van der Waals surface area contributed by atoms with E-state index in [1.54, 1.807) is 54.4 Å². The number of ether oxygens (including phenoxy) is 1. The normalized spacial score (nSPS) is 17.1. The van der Waals surface area contributed by atoms with Crippen molar-refractivity contribution in [1.29, 1.82) is 0 Å². The molecule has 0 saturated carbocycles. The summed E-state index contributed by atoms with van der Waals surface area (Å²) in [4.78, 5) is 30.3. The number of hydrogen-bond donors (Lipinski definition) is 0. The highest BCUT2D eigenvalue weighted by Gasteiger charge is 2.27. The van der Waals surface area contributed by atoms with Crippen LogP contribution in [0.2, 0.25) is 10.0 Å². The predicted octanol–water partition coefficient (Wildman–Crippen LogP) is 5.99. The molecule has 3 aromatic rings. The molecule has 1 aliphatic heterocycles. The van der Waals surface area contributed by atoms with E-state index in [-0.39, 0.29) is 24.5 Å². The minimum absolute atomic E-state index is 0.0657. The number of carbonyl (C=O) groups is 2. The van der Waals surface area contributed by atoms with Crippen LogP contribution < -0.4 is 4.74 Å². The molecule has 0 radical (unpaired) electrons. The Kier molecular flexibility index (Phi) is 8.32. The molecule has 0 fully saturated rings. The van der Waals surface area contributed by atoms with Crippen molar-refractivity contribution >= 4 is 35.0 Å². The average Bonchev–Trinajstić information content (AvgIpc) is 2.87. The Morgan fingerprint density at radius 1 is 0.943 bits per heavy atom. The standard InChI is InChI=1S/C28H28Cl2N2O3/c1-31-15-5-6-16-32(27(33)21-9-11-22(29)12-10-21)24(17-20-7-3-2-4-8-20)19-35-26-14-13-23(30)18-25(26)28(31)34/h2-4,7-14,18,24H,5-6,15-17,19H2,1H3/t24-/m1/s1. The van der Waals surface area contributed by atoms with Crippen LogP contribution in [0.5, 0.6) is 5.75 Å². The van der Waals surface area contributed by atoms with Gasteiger partial charge in [0.15, 0.2) is 0 Å². The molecule has 0 saturated heterocycles. The Morgan fingerprint density at radius 2 is 1.63 bits per heavy atom. The molecule has 0 spiro atoms. The van der Waals surface area contributed by atoms with Crippen molar-refractivity contribution in [1.82, 2.24) is 9.80 Å². The summed E-state index contributed by atoms with van der Waals surface area (Å²) in [7, 11) is 1.77. The van der Waals surface area contributed by atoms with Crippen molar-refractivity contribution in [3.63, 3.8) is 0 Å². The molecule has 0 aliphatic carbocycles. The molecule has 0 aromatic heterocycles. The maximum Gasteiger partial charge on any atom is 0.257 e. The monoisotopic (exact) mass is 510 g/mol. The molecular formula is C28H28Cl2N2O3. The zero-order chi connectivity index (χ0) is 24.8. The van der Waals surface area contributed by atoms with Gasteiger partial charge in [-0.2, -0.15) is 0 Å². The van der Waals surface area contributed by atoms with Crippen molar-refractivity contribution in [2.45, 2.75) is 25.3 Å². The van der Waals surface area contributed by atoms with E-state index in [0.717, 1.165) is 18.4 Å². The second-order valence-corrected chi connectivity index (χ2v) is 9.61. The minimum atomic E-state index is -0.239. The van der Waals surface area contributed by atoms with E-state index in [1.165, 1.54) is 0 Å². The summed E-state index contributed by atoms with van der Waals surface area (Å²) in [5.41, 5.74) is 2.11. The van der Waals surface area contributed by atoms with E-state index in [4.69, 9.17) is 27.9 Å². The van der Waals surface area contributed by atoms with Crippen LogP contribution in [-0.2, 0) is 6.42 Å². The van der Waals surface area contributed by atoms with Crippen LogP contribution in [0, 0.1) is 0 Å². The van der Waals surface area contributed by atoms with Gasteiger partial charge in [0.2, 0.25) is 0 Å². The molecule has 0 N–H and O–H groups in total. The van der Waals surface area contributed by atoms with Gasteiger partial charge < -0.3 is 14.5 Å². The Morgan fingerprint density at radius 3 is 2.37 bits per heavy atom. The van der Waals surface area contributed by atoms with Crippen LogP contribution in [-0.4, -0.2) is 54.4 Å². The molecule has 3 aromatic carbocycles. The largest absolute Gasteiger partial charge is 0.491 e. The molecule has 4 rings (SSSR count). The molecule has 1 aliphatic rings. The first-order valence-electron chi connectivity index (χ1n) is 11.7. The third kappa shape index (κ3) is 6.36. The van der Waals surface area contributed by atoms with Crippen LogP contribution in [0.1, 0.15) is 39.1 Å². The van der Waals surface area contributed by atoms with Gasteiger partial charge in [0, 0.05) is 35.7 Å². The summed E-state index contributed by atoms with van der Waals surface area (Å²) in [5, 5.41) is 1.06. The summed E-state index contributed by atoms with van der Waals surface area (Å²) in [6, 6.07) is 21.9. The first kappa shape index (κ1) is 25.1. The number of hydrogen-bond acceptors (Lipinski definition) is 3. The summed E-state index contributed by atoms with van der Waals surface area (Å²) in [6.45, 7) is 1.36. The highest BCUT2D eigenvalue weighted by atomic mass is 35.5. The number of nitrogens with zero attached hydrogens (tertiary/aromatic N) is 2. The lowest BCUT2D eigenvalue weighted by Crippen LogP contribution is -2.46. The predicted molar refractivity (Wildman–Crippen MR) is 140 cm³/mol. The first-order valence-corrected chi connectivity index (χ1v) is 12.5. The molecule has 7 heteroatoms. The number of halogens is 2. The number of fused-ring (bicyclic) bond motifs is 1. The van der Waals surface area contributed by atoms with E-state index < -0.39 is 0 Å². The third-order valence-corrected chi connectivity index (χ3v) is 6.69. The Labute approximate surface area is 216 Å². The second kappa shape index (κ2) is 11.6. The Balaban J connectivity index is 1.70. The summed E-state index contributed by atoms with van der Waals surface area (Å²) >= 11 is 12.3. The maximum absolute atomic E-state index is 13.7. The van der Waals surface area contributed by atoms with E-state index in [0.29, 0.717) is 46.4 Å². The topological polar surface area (TPSA) is 49.9 Å². The SMILES string of the molecule is CN1CCCCN(C(=O)c2ccc(Cl)cc2)[C@H](Cc2ccccc2)COc2ccc(Cl)cc2C1=O. The van der Waals surface area contributed by atoms with Crippen molar-refractivity contribution in [2.24, 2.45) is 0 Å². The van der Waals surface area contributed by atoms with Gasteiger partial charge in [-0.15, -0.1) is 0 Å². The fourth-order valence-corrected chi connectivity index (χ4v) is 4.57. The Hall–Kier alpha value is -3.02. The van der Waals surface area contributed by atoms with Gasteiger partial charge in [-0.25, -0.2) is 0 Å². The lowest BCUT2D eigenvalue weighted by molar-refractivity contribution is 0.0590. The van der Waals surface area contributed by atoms with Crippen LogP contribution >= 0.6 is 23.2 Å². The first-order chi connectivity index (χ1) is 16.9. The smallest absolute Gasteiger partial charge is 0.257 e. The van der Waals surface area contributed by atoms with Crippen LogP contribution in [0.15, 0.2) is 72.8 Å². The van der Waals surface area contributed by atoms with Crippen molar-refractivity contribution in [3.05, 3.63) is 99.5 Å². The van der Waals surface area contributed by atoms with Gasteiger partial charge in [0.05, 0.1) is 11.6 Å².